The van der Waals surface area contributed by atoms with Gasteiger partial charge in [-0.3, -0.25) is 4.79 Å². The maximum absolute atomic E-state index is 11.5. The Balaban J connectivity index is 1.80. The van der Waals surface area contributed by atoms with Gasteiger partial charge in [0.05, 0.1) is 11.5 Å². The monoisotopic (exact) mass is 269 g/mol. The van der Waals surface area contributed by atoms with Crippen molar-refractivity contribution in [2.75, 3.05) is 19.7 Å². The van der Waals surface area contributed by atoms with Crippen LogP contribution in [0.25, 0.3) is 0 Å². The molecule has 1 heterocycles. The molecule has 0 bridgehead atoms. The van der Waals surface area contributed by atoms with E-state index in [9.17, 15) is 9.90 Å². The van der Waals surface area contributed by atoms with Crippen LogP contribution in [0.2, 0.25) is 0 Å². The number of nitrogens with zero attached hydrogens (tertiary/aromatic N) is 1. The van der Waals surface area contributed by atoms with E-state index in [0.717, 1.165) is 58.2 Å². The van der Waals surface area contributed by atoms with Crippen LogP contribution in [0.15, 0.2) is 0 Å². The van der Waals surface area contributed by atoms with Crippen molar-refractivity contribution in [3.05, 3.63) is 0 Å². The molecule has 4 nitrogen and oxygen atoms in total. The Labute approximate surface area is 116 Å². The highest BCUT2D eigenvalue weighted by atomic mass is 16.5. The summed E-state index contributed by atoms with van der Waals surface area (Å²) in [5.41, 5.74) is -0.450. The van der Waals surface area contributed by atoms with E-state index < -0.39 is 11.4 Å². The summed E-state index contributed by atoms with van der Waals surface area (Å²) >= 11 is 0. The van der Waals surface area contributed by atoms with Crippen molar-refractivity contribution in [2.24, 2.45) is 5.41 Å². The van der Waals surface area contributed by atoms with E-state index in [-0.39, 0.29) is 0 Å². The van der Waals surface area contributed by atoms with Crippen molar-refractivity contribution in [3.63, 3.8) is 0 Å². The van der Waals surface area contributed by atoms with Crippen molar-refractivity contribution in [2.45, 2.75) is 64.5 Å². The van der Waals surface area contributed by atoms with Crippen molar-refractivity contribution in [1.82, 2.24) is 4.90 Å². The lowest BCUT2D eigenvalue weighted by Gasteiger charge is -2.47. The average Bonchev–Trinajstić information content (AvgIpc) is 2.35. The lowest BCUT2D eigenvalue weighted by Crippen LogP contribution is -2.53. The summed E-state index contributed by atoms with van der Waals surface area (Å²) in [7, 11) is 0. The minimum atomic E-state index is -0.588. The zero-order chi connectivity index (χ0) is 13.9. The number of hydrogen-bond donors (Lipinski definition) is 1. The molecule has 0 aromatic carbocycles. The maximum atomic E-state index is 11.5. The highest BCUT2D eigenvalue weighted by Gasteiger charge is 2.43. The van der Waals surface area contributed by atoms with Crippen LogP contribution in [0.3, 0.4) is 0 Å². The standard InChI is InChI=1S/C15H27NO3/c1-3-5-15(14(17)18)6-8-16(9-7-15)12-10-13(11-12)19-4-2/h12-13H,3-11H2,1-2H3,(H,17,18). The number of aliphatic carboxylic acids is 1. The normalized spacial score (nSPS) is 30.8. The highest BCUT2D eigenvalue weighted by molar-refractivity contribution is 5.74. The molecule has 0 spiro atoms. The minimum absolute atomic E-state index is 0.441. The summed E-state index contributed by atoms with van der Waals surface area (Å²) < 4.78 is 5.60. The summed E-state index contributed by atoms with van der Waals surface area (Å²) in [5, 5.41) is 9.49. The molecular weight excluding hydrogens is 242 g/mol. The molecule has 2 fully saturated rings. The highest BCUT2D eigenvalue weighted by Crippen LogP contribution is 2.39. The molecule has 19 heavy (non-hydrogen) atoms. The average molecular weight is 269 g/mol. The largest absolute Gasteiger partial charge is 0.481 e. The van der Waals surface area contributed by atoms with Gasteiger partial charge in [0.15, 0.2) is 0 Å². The summed E-state index contributed by atoms with van der Waals surface area (Å²) in [5.74, 6) is -0.588. The van der Waals surface area contributed by atoms with Gasteiger partial charge in [-0.1, -0.05) is 13.3 Å². The van der Waals surface area contributed by atoms with Crippen LogP contribution in [0, 0.1) is 5.41 Å². The second kappa shape index (κ2) is 6.23. The number of rotatable bonds is 6. The Bertz CT molecular complexity index is 305. The van der Waals surface area contributed by atoms with Gasteiger partial charge < -0.3 is 14.7 Å². The van der Waals surface area contributed by atoms with Crippen LogP contribution < -0.4 is 0 Å². The van der Waals surface area contributed by atoms with Crippen LogP contribution >= 0.6 is 0 Å². The number of carboxylic acid groups (broad SMARTS) is 1. The van der Waals surface area contributed by atoms with Gasteiger partial charge in [-0.15, -0.1) is 0 Å². The molecular formula is C15H27NO3. The first-order valence-electron chi connectivity index (χ1n) is 7.70. The van der Waals surface area contributed by atoms with E-state index in [1.807, 2.05) is 6.92 Å². The van der Waals surface area contributed by atoms with Crippen LogP contribution in [-0.4, -0.2) is 47.8 Å². The van der Waals surface area contributed by atoms with E-state index in [1.54, 1.807) is 0 Å². The molecule has 2 rings (SSSR count). The molecule has 4 heteroatoms. The maximum Gasteiger partial charge on any atom is 0.309 e. The van der Waals surface area contributed by atoms with Gasteiger partial charge in [0.1, 0.15) is 0 Å². The molecule has 0 aromatic rings. The lowest BCUT2D eigenvalue weighted by atomic mass is 9.74. The fourth-order valence-electron chi connectivity index (χ4n) is 3.57. The molecule has 1 aliphatic heterocycles. The molecule has 1 aliphatic carbocycles. The quantitative estimate of drug-likeness (QED) is 0.805. The second-order valence-corrected chi connectivity index (χ2v) is 6.07. The SMILES string of the molecule is CCCC1(C(=O)O)CCN(C2CC(OCC)C2)CC1. The first kappa shape index (κ1) is 14.8. The third-order valence-electron chi connectivity index (χ3n) is 4.93. The minimum Gasteiger partial charge on any atom is -0.481 e. The van der Waals surface area contributed by atoms with Gasteiger partial charge in [-0.05, 0) is 52.1 Å². The molecule has 0 unspecified atom stereocenters. The Morgan fingerprint density at radius 2 is 1.95 bits per heavy atom. The van der Waals surface area contributed by atoms with Crippen LogP contribution in [0.1, 0.15) is 52.4 Å². The van der Waals surface area contributed by atoms with Crippen molar-refractivity contribution < 1.29 is 14.6 Å². The Morgan fingerprint density at radius 1 is 1.32 bits per heavy atom. The first-order chi connectivity index (χ1) is 9.11. The molecule has 0 radical (unpaired) electrons. The number of likely N-dealkylation sites (tertiary alicyclic amines) is 1. The van der Waals surface area contributed by atoms with Gasteiger partial charge in [0, 0.05) is 12.6 Å². The van der Waals surface area contributed by atoms with Gasteiger partial charge in [-0.25, -0.2) is 0 Å². The van der Waals surface area contributed by atoms with Gasteiger partial charge in [0.25, 0.3) is 0 Å². The van der Waals surface area contributed by atoms with Crippen molar-refractivity contribution in [3.8, 4) is 0 Å². The van der Waals surface area contributed by atoms with E-state index >= 15 is 0 Å². The predicted octanol–water partition coefficient (Wildman–Crippen LogP) is 2.52. The summed E-state index contributed by atoms with van der Waals surface area (Å²) in [6.07, 6.45) is 6.10. The summed E-state index contributed by atoms with van der Waals surface area (Å²) in [4.78, 5) is 14.0. The second-order valence-electron chi connectivity index (χ2n) is 6.07. The zero-order valence-corrected chi connectivity index (χ0v) is 12.2. The number of carbonyl (C=O) groups is 1. The predicted molar refractivity (Wildman–Crippen MR) is 74.2 cm³/mol. The van der Waals surface area contributed by atoms with E-state index in [2.05, 4.69) is 11.8 Å². The van der Waals surface area contributed by atoms with Gasteiger partial charge in [0.2, 0.25) is 0 Å². The van der Waals surface area contributed by atoms with E-state index in [4.69, 9.17) is 4.74 Å². The van der Waals surface area contributed by atoms with Gasteiger partial charge in [-0.2, -0.15) is 0 Å². The molecule has 0 amide bonds. The molecule has 0 aromatic heterocycles. The molecule has 0 atom stereocenters. The van der Waals surface area contributed by atoms with Crippen LogP contribution in [-0.2, 0) is 9.53 Å². The van der Waals surface area contributed by atoms with Crippen LogP contribution in [0.4, 0.5) is 0 Å². The van der Waals surface area contributed by atoms with E-state index in [1.165, 1.54) is 0 Å². The molecule has 2 aliphatic rings. The third-order valence-corrected chi connectivity index (χ3v) is 4.93. The first-order valence-corrected chi connectivity index (χ1v) is 7.70. The number of carboxylic acids is 1. The smallest absolute Gasteiger partial charge is 0.309 e. The van der Waals surface area contributed by atoms with E-state index in [0.29, 0.717) is 12.1 Å². The Kier molecular flexibility index (Phi) is 4.85. The molecule has 1 N–H and O–H groups in total. The summed E-state index contributed by atoms with van der Waals surface area (Å²) in [6.45, 7) is 6.80. The lowest BCUT2D eigenvalue weighted by molar-refractivity contribution is -0.154. The number of piperidine rings is 1. The number of ether oxygens (including phenoxy) is 1. The molecule has 1 saturated heterocycles. The Morgan fingerprint density at radius 3 is 2.42 bits per heavy atom. The molecule has 110 valence electrons. The zero-order valence-electron chi connectivity index (χ0n) is 12.2. The summed E-state index contributed by atoms with van der Waals surface area (Å²) in [6, 6.07) is 0.630. The molecule has 1 saturated carbocycles. The fourth-order valence-corrected chi connectivity index (χ4v) is 3.57. The Hall–Kier alpha value is -0.610. The third kappa shape index (κ3) is 3.11. The van der Waals surface area contributed by atoms with Crippen molar-refractivity contribution >= 4 is 5.97 Å². The fraction of sp³-hybridized carbons (Fsp3) is 0.933. The topological polar surface area (TPSA) is 49.8 Å². The van der Waals surface area contributed by atoms with Crippen molar-refractivity contribution in [1.29, 1.82) is 0 Å². The number of hydrogen-bond acceptors (Lipinski definition) is 3. The van der Waals surface area contributed by atoms with Gasteiger partial charge >= 0.3 is 5.97 Å². The van der Waals surface area contributed by atoms with Crippen LogP contribution in [0.5, 0.6) is 0 Å².